The van der Waals surface area contributed by atoms with Crippen molar-refractivity contribution in [3.8, 4) is 0 Å². The number of halogens is 1. The van der Waals surface area contributed by atoms with E-state index in [0.717, 1.165) is 31.3 Å². The Morgan fingerprint density at radius 2 is 1.56 bits per heavy atom. The predicted molar refractivity (Wildman–Crippen MR) is 86.0 cm³/mol. The molecule has 5 heteroatoms. The van der Waals surface area contributed by atoms with Gasteiger partial charge in [0.05, 0.1) is 0 Å². The molecule has 0 aliphatic carbocycles. The van der Waals surface area contributed by atoms with E-state index in [-0.39, 0.29) is 0 Å². The van der Waals surface area contributed by atoms with Crippen molar-refractivity contribution < 1.29 is 13.0 Å². The molecule has 0 fully saturated rings. The first-order valence-corrected chi connectivity index (χ1v) is 10.5. The minimum absolute atomic E-state index is 0.590. The summed E-state index contributed by atoms with van der Waals surface area (Å²) in [6, 6.07) is 0. The van der Waals surface area contributed by atoms with Crippen molar-refractivity contribution in [2.45, 2.75) is 56.6 Å². The molecule has 1 heterocycles. The maximum absolute atomic E-state index is 11.6. The SMILES string of the molecule is CCC1=C(CC)C(CC)=C(CC)C(S(=O)(=O)O)[IH]1. The maximum atomic E-state index is 11.6. The van der Waals surface area contributed by atoms with Crippen LogP contribution < -0.4 is 0 Å². The van der Waals surface area contributed by atoms with E-state index < -0.39 is 34.6 Å². The zero-order valence-corrected chi connectivity index (χ0v) is 14.6. The normalized spacial score (nSPS) is 22.2. The second-order valence-corrected chi connectivity index (χ2v) is 10.1. The Kier molecular flexibility index (Phi) is 5.86. The van der Waals surface area contributed by atoms with Gasteiger partial charge < -0.3 is 0 Å². The van der Waals surface area contributed by atoms with Crippen molar-refractivity contribution in [2.75, 3.05) is 0 Å². The fourth-order valence-electron chi connectivity index (χ4n) is 2.54. The second-order valence-electron chi connectivity index (χ2n) is 4.28. The van der Waals surface area contributed by atoms with Gasteiger partial charge in [0.1, 0.15) is 0 Å². The van der Waals surface area contributed by atoms with Crippen molar-refractivity contribution >= 4 is 31.3 Å². The fourth-order valence-corrected chi connectivity index (χ4v) is 8.83. The summed E-state index contributed by atoms with van der Waals surface area (Å²) in [5, 5.41) is 0. The molecule has 0 aromatic heterocycles. The van der Waals surface area contributed by atoms with E-state index in [0.29, 0.717) is 0 Å². The summed E-state index contributed by atoms with van der Waals surface area (Å²) in [6.07, 6.45) is 3.46. The first-order chi connectivity index (χ1) is 8.40. The predicted octanol–water partition coefficient (Wildman–Crippen LogP) is 4.11. The van der Waals surface area contributed by atoms with Crippen LogP contribution in [0.4, 0.5) is 0 Å². The van der Waals surface area contributed by atoms with Gasteiger partial charge in [-0.25, -0.2) is 0 Å². The quantitative estimate of drug-likeness (QED) is 0.440. The Morgan fingerprint density at radius 3 is 1.89 bits per heavy atom. The van der Waals surface area contributed by atoms with Crippen molar-refractivity contribution in [2.24, 2.45) is 0 Å². The van der Waals surface area contributed by atoms with Gasteiger partial charge >= 0.3 is 121 Å². The molecule has 1 aliphatic rings. The van der Waals surface area contributed by atoms with Crippen LogP contribution in [0.3, 0.4) is 0 Å². The molecule has 1 rings (SSSR count). The Morgan fingerprint density at radius 1 is 1.00 bits per heavy atom. The molecular formula is C13H23IO3S. The van der Waals surface area contributed by atoms with Crippen LogP contribution in [-0.4, -0.2) is 16.2 Å². The molecule has 1 aliphatic heterocycles. The average Bonchev–Trinajstić information content (AvgIpc) is 2.34. The zero-order chi connectivity index (χ0) is 13.9. The molecule has 3 nitrogen and oxygen atoms in total. The van der Waals surface area contributed by atoms with Crippen LogP contribution in [0.15, 0.2) is 20.3 Å². The van der Waals surface area contributed by atoms with Gasteiger partial charge in [-0.05, 0) is 0 Å². The summed E-state index contributed by atoms with van der Waals surface area (Å²) >= 11 is -0.852. The van der Waals surface area contributed by atoms with E-state index in [4.69, 9.17) is 0 Å². The van der Waals surface area contributed by atoms with E-state index in [2.05, 4.69) is 20.8 Å². The summed E-state index contributed by atoms with van der Waals surface area (Å²) < 4.78 is 33.4. The monoisotopic (exact) mass is 386 g/mol. The molecule has 0 aromatic carbocycles. The van der Waals surface area contributed by atoms with Gasteiger partial charge in [-0.2, -0.15) is 0 Å². The van der Waals surface area contributed by atoms with Crippen LogP contribution >= 0.6 is 21.2 Å². The Labute approximate surface area is 121 Å². The van der Waals surface area contributed by atoms with Crippen LogP contribution in [0.5, 0.6) is 0 Å². The van der Waals surface area contributed by atoms with Gasteiger partial charge in [0.2, 0.25) is 0 Å². The third kappa shape index (κ3) is 3.17. The van der Waals surface area contributed by atoms with Gasteiger partial charge in [0, 0.05) is 0 Å². The molecule has 0 radical (unpaired) electrons. The average molecular weight is 386 g/mol. The molecule has 1 unspecified atom stereocenters. The minimum atomic E-state index is -3.94. The summed E-state index contributed by atoms with van der Waals surface area (Å²) in [6.45, 7) is 8.27. The summed E-state index contributed by atoms with van der Waals surface area (Å²) in [4.78, 5) is 0. The van der Waals surface area contributed by atoms with Gasteiger partial charge in [0.15, 0.2) is 0 Å². The Bertz CT molecular complexity index is 474. The van der Waals surface area contributed by atoms with Crippen molar-refractivity contribution in [1.29, 1.82) is 0 Å². The number of hydrogen-bond donors (Lipinski definition) is 1. The third-order valence-electron chi connectivity index (χ3n) is 3.30. The summed E-state index contributed by atoms with van der Waals surface area (Å²) in [5.41, 5.74) is 3.53. The third-order valence-corrected chi connectivity index (χ3v) is 10.6. The van der Waals surface area contributed by atoms with Crippen molar-refractivity contribution in [3.05, 3.63) is 20.3 Å². The van der Waals surface area contributed by atoms with E-state index in [1.54, 1.807) is 0 Å². The van der Waals surface area contributed by atoms with Gasteiger partial charge in [-0.1, -0.05) is 0 Å². The number of hydrogen-bond acceptors (Lipinski definition) is 2. The van der Waals surface area contributed by atoms with Crippen LogP contribution in [0.1, 0.15) is 53.4 Å². The first-order valence-electron chi connectivity index (χ1n) is 6.47. The standard InChI is InChI=1S/C13H23IO3S/c1-5-9-10(6-2)12(8-4)14-13(11(9)7-3)18(15,16)17/h13-14H,5-8H2,1-4H3,(H,15,16,17). The molecule has 1 atom stereocenters. The molecule has 106 valence electrons. The molecule has 18 heavy (non-hydrogen) atoms. The Hall–Kier alpha value is 0.120. The molecule has 0 aromatic rings. The molecular weight excluding hydrogens is 363 g/mol. The fraction of sp³-hybridized carbons (Fsp3) is 0.692. The molecule has 0 saturated carbocycles. The topological polar surface area (TPSA) is 54.4 Å². The van der Waals surface area contributed by atoms with Gasteiger partial charge in [-0.15, -0.1) is 0 Å². The van der Waals surface area contributed by atoms with Crippen LogP contribution in [0, 0.1) is 0 Å². The van der Waals surface area contributed by atoms with Gasteiger partial charge in [0.25, 0.3) is 0 Å². The van der Waals surface area contributed by atoms with E-state index in [1.165, 1.54) is 14.7 Å². The van der Waals surface area contributed by atoms with E-state index in [9.17, 15) is 13.0 Å². The molecule has 0 amide bonds. The van der Waals surface area contributed by atoms with E-state index in [1.807, 2.05) is 6.92 Å². The first kappa shape index (κ1) is 16.2. The molecule has 0 bridgehead atoms. The Balaban J connectivity index is 3.44. The zero-order valence-electron chi connectivity index (χ0n) is 11.5. The van der Waals surface area contributed by atoms with Crippen LogP contribution in [0.2, 0.25) is 0 Å². The van der Waals surface area contributed by atoms with Crippen LogP contribution in [-0.2, 0) is 10.1 Å². The summed E-state index contributed by atoms with van der Waals surface area (Å²) in [5.74, 6) is 0. The van der Waals surface area contributed by atoms with Crippen molar-refractivity contribution in [3.63, 3.8) is 0 Å². The number of allylic oxidation sites excluding steroid dienone is 3. The molecule has 0 spiro atoms. The number of alkyl halides is 1. The summed E-state index contributed by atoms with van der Waals surface area (Å²) in [7, 11) is -3.94. The van der Waals surface area contributed by atoms with Crippen LogP contribution in [0.25, 0.3) is 0 Å². The molecule has 0 saturated heterocycles. The molecule has 1 N–H and O–H groups in total. The van der Waals surface area contributed by atoms with Gasteiger partial charge in [-0.3, -0.25) is 0 Å². The second kappa shape index (κ2) is 6.52. The van der Waals surface area contributed by atoms with Crippen molar-refractivity contribution in [1.82, 2.24) is 0 Å². The number of rotatable bonds is 5. The van der Waals surface area contributed by atoms with E-state index >= 15 is 0 Å².